The topological polar surface area (TPSA) is 58.2 Å². The van der Waals surface area contributed by atoms with Gasteiger partial charge in [0.1, 0.15) is 0 Å². The molecule has 0 saturated carbocycles. The highest BCUT2D eigenvalue weighted by Crippen LogP contribution is 2.23. The van der Waals surface area contributed by atoms with Crippen LogP contribution in [-0.4, -0.2) is 22.0 Å². The molecule has 21 heavy (non-hydrogen) atoms. The minimum absolute atomic E-state index is 0.0207. The zero-order valence-electron chi connectivity index (χ0n) is 13.6. The van der Waals surface area contributed by atoms with Crippen LogP contribution in [0.2, 0.25) is 0 Å². The molecule has 0 heterocycles. The Bertz CT molecular complexity index is 522. The Morgan fingerprint density at radius 2 is 1.71 bits per heavy atom. The Labute approximate surface area is 129 Å². The summed E-state index contributed by atoms with van der Waals surface area (Å²) >= 11 is 0. The minimum Gasteiger partial charge on any atom is -0.388 e. The Balaban J connectivity index is 2.63. The van der Waals surface area contributed by atoms with E-state index in [2.05, 4.69) is 30.8 Å². The molecule has 1 aromatic carbocycles. The molecule has 0 spiro atoms. The third-order valence-corrected chi connectivity index (χ3v) is 5.07. The average molecular weight is 312 g/mol. The van der Waals surface area contributed by atoms with Crippen molar-refractivity contribution < 1.29 is 8.42 Å². The highest BCUT2D eigenvalue weighted by Gasteiger charge is 2.21. The summed E-state index contributed by atoms with van der Waals surface area (Å²) in [4.78, 5) is 0.311. The van der Waals surface area contributed by atoms with Crippen LogP contribution < -0.4 is 10.0 Å². The monoisotopic (exact) mass is 312 g/mol. The van der Waals surface area contributed by atoms with Gasteiger partial charge in [-0.15, -0.1) is 0 Å². The lowest BCUT2D eigenvalue weighted by atomic mass is 9.87. The lowest BCUT2D eigenvalue weighted by Crippen LogP contribution is -2.34. The predicted octanol–water partition coefficient (Wildman–Crippen LogP) is 3.61. The van der Waals surface area contributed by atoms with Gasteiger partial charge >= 0.3 is 0 Å². The van der Waals surface area contributed by atoms with E-state index in [4.69, 9.17) is 0 Å². The lowest BCUT2D eigenvalue weighted by Gasteiger charge is -2.24. The fraction of sp³-hybridized carbons (Fsp3) is 0.625. The van der Waals surface area contributed by atoms with Crippen LogP contribution in [-0.2, 0) is 10.0 Å². The molecule has 2 N–H and O–H groups in total. The summed E-state index contributed by atoms with van der Waals surface area (Å²) in [5, 5.41) is 2.98. The molecule has 1 aromatic rings. The van der Waals surface area contributed by atoms with Gasteiger partial charge in [0.15, 0.2) is 0 Å². The van der Waals surface area contributed by atoms with Crippen molar-refractivity contribution in [3.8, 4) is 0 Å². The summed E-state index contributed by atoms with van der Waals surface area (Å²) in [6.07, 6.45) is 4.55. The van der Waals surface area contributed by atoms with Crippen LogP contribution in [0.1, 0.15) is 46.5 Å². The number of anilines is 1. The molecule has 5 heteroatoms. The fourth-order valence-electron chi connectivity index (χ4n) is 2.12. The number of hydrogen-bond donors (Lipinski definition) is 2. The quantitative estimate of drug-likeness (QED) is 0.685. The molecule has 4 nitrogen and oxygen atoms in total. The predicted molar refractivity (Wildman–Crippen MR) is 89.1 cm³/mol. The SMILES string of the molecule is CCCCCC(C)(C)CNS(=O)(=O)c1ccc(NC)cc1. The summed E-state index contributed by atoms with van der Waals surface area (Å²) in [5.74, 6) is 0. The molecule has 0 saturated heterocycles. The van der Waals surface area contributed by atoms with Gasteiger partial charge in [-0.3, -0.25) is 0 Å². The molecular formula is C16H28N2O2S. The fourth-order valence-corrected chi connectivity index (χ4v) is 3.36. The number of hydrogen-bond acceptors (Lipinski definition) is 3. The molecule has 0 aromatic heterocycles. The van der Waals surface area contributed by atoms with Crippen molar-refractivity contribution in [1.29, 1.82) is 0 Å². The number of nitrogens with one attached hydrogen (secondary N) is 2. The maximum absolute atomic E-state index is 12.3. The molecule has 0 atom stereocenters. The first kappa shape index (κ1) is 18.0. The van der Waals surface area contributed by atoms with Crippen LogP contribution in [0.25, 0.3) is 0 Å². The van der Waals surface area contributed by atoms with Gasteiger partial charge in [0.2, 0.25) is 10.0 Å². The summed E-state index contributed by atoms with van der Waals surface area (Å²) in [6.45, 7) is 6.85. The molecule has 0 amide bonds. The van der Waals surface area contributed by atoms with E-state index in [0.717, 1.165) is 18.5 Å². The summed E-state index contributed by atoms with van der Waals surface area (Å²) in [6, 6.07) is 6.78. The largest absolute Gasteiger partial charge is 0.388 e. The maximum atomic E-state index is 12.3. The highest BCUT2D eigenvalue weighted by molar-refractivity contribution is 7.89. The third kappa shape index (κ3) is 6.06. The minimum atomic E-state index is -3.43. The Kier molecular flexibility index (Phi) is 6.68. The summed E-state index contributed by atoms with van der Waals surface area (Å²) in [5.41, 5.74) is 0.876. The standard InChI is InChI=1S/C16H28N2O2S/c1-5-6-7-12-16(2,3)13-18-21(19,20)15-10-8-14(17-4)9-11-15/h8-11,17-18H,5-7,12-13H2,1-4H3. The molecule has 0 aliphatic heterocycles. The molecular weight excluding hydrogens is 284 g/mol. The highest BCUT2D eigenvalue weighted by atomic mass is 32.2. The lowest BCUT2D eigenvalue weighted by molar-refractivity contribution is 0.320. The van der Waals surface area contributed by atoms with Crippen LogP contribution in [0.5, 0.6) is 0 Å². The van der Waals surface area contributed by atoms with Crippen molar-refractivity contribution in [2.24, 2.45) is 5.41 Å². The van der Waals surface area contributed by atoms with E-state index in [0.29, 0.717) is 11.4 Å². The van der Waals surface area contributed by atoms with Gasteiger partial charge in [-0.25, -0.2) is 13.1 Å². The van der Waals surface area contributed by atoms with Crippen molar-refractivity contribution in [2.75, 3.05) is 18.9 Å². The van der Waals surface area contributed by atoms with Crippen LogP contribution >= 0.6 is 0 Å². The maximum Gasteiger partial charge on any atom is 0.240 e. The van der Waals surface area contributed by atoms with E-state index in [-0.39, 0.29) is 5.41 Å². The molecule has 120 valence electrons. The molecule has 0 aliphatic carbocycles. The van der Waals surface area contributed by atoms with Crippen LogP contribution in [0, 0.1) is 5.41 Å². The van der Waals surface area contributed by atoms with Crippen molar-refractivity contribution >= 4 is 15.7 Å². The van der Waals surface area contributed by atoms with Crippen LogP contribution in [0.3, 0.4) is 0 Å². The Hall–Kier alpha value is -1.07. The molecule has 0 radical (unpaired) electrons. The molecule has 0 aliphatic rings. The van der Waals surface area contributed by atoms with E-state index < -0.39 is 10.0 Å². The second kappa shape index (κ2) is 7.80. The first-order valence-electron chi connectivity index (χ1n) is 7.58. The summed E-state index contributed by atoms with van der Waals surface area (Å²) in [7, 11) is -1.62. The van der Waals surface area contributed by atoms with E-state index in [9.17, 15) is 8.42 Å². The first-order chi connectivity index (χ1) is 9.80. The average Bonchev–Trinajstić information content (AvgIpc) is 2.46. The zero-order valence-corrected chi connectivity index (χ0v) is 14.4. The van der Waals surface area contributed by atoms with E-state index in [1.165, 1.54) is 12.8 Å². The number of rotatable bonds is 9. The van der Waals surface area contributed by atoms with Crippen molar-refractivity contribution in [3.05, 3.63) is 24.3 Å². The van der Waals surface area contributed by atoms with Gasteiger partial charge in [-0.1, -0.05) is 40.0 Å². The first-order valence-corrected chi connectivity index (χ1v) is 9.06. The number of unbranched alkanes of at least 4 members (excludes halogenated alkanes) is 2. The number of sulfonamides is 1. The van der Waals surface area contributed by atoms with Crippen molar-refractivity contribution in [2.45, 2.75) is 51.3 Å². The Morgan fingerprint density at radius 3 is 2.24 bits per heavy atom. The van der Waals surface area contributed by atoms with Crippen molar-refractivity contribution in [1.82, 2.24) is 4.72 Å². The Morgan fingerprint density at radius 1 is 1.10 bits per heavy atom. The van der Waals surface area contributed by atoms with E-state index >= 15 is 0 Å². The molecule has 0 bridgehead atoms. The van der Waals surface area contributed by atoms with Crippen LogP contribution in [0.15, 0.2) is 29.2 Å². The van der Waals surface area contributed by atoms with Crippen LogP contribution in [0.4, 0.5) is 5.69 Å². The van der Waals surface area contributed by atoms with E-state index in [1.807, 2.05) is 0 Å². The zero-order chi connectivity index (χ0) is 15.9. The third-order valence-electron chi connectivity index (χ3n) is 3.65. The summed E-state index contributed by atoms with van der Waals surface area (Å²) < 4.78 is 27.3. The normalized spacial score (nSPS) is 12.4. The molecule has 0 unspecified atom stereocenters. The van der Waals surface area contributed by atoms with Gasteiger partial charge in [0.05, 0.1) is 4.90 Å². The number of benzene rings is 1. The molecule has 0 fully saturated rings. The van der Waals surface area contributed by atoms with Gasteiger partial charge in [0.25, 0.3) is 0 Å². The van der Waals surface area contributed by atoms with Gasteiger partial charge in [-0.05, 0) is 36.1 Å². The smallest absolute Gasteiger partial charge is 0.240 e. The van der Waals surface area contributed by atoms with Gasteiger partial charge in [-0.2, -0.15) is 0 Å². The van der Waals surface area contributed by atoms with Gasteiger partial charge < -0.3 is 5.32 Å². The second-order valence-corrected chi connectivity index (χ2v) is 7.99. The van der Waals surface area contributed by atoms with Crippen molar-refractivity contribution in [3.63, 3.8) is 0 Å². The molecule has 1 rings (SSSR count). The van der Waals surface area contributed by atoms with Gasteiger partial charge in [0, 0.05) is 19.3 Å². The van der Waals surface area contributed by atoms with E-state index in [1.54, 1.807) is 31.3 Å². The second-order valence-electron chi connectivity index (χ2n) is 6.22.